The molecule has 0 spiro atoms. The number of nitrogens with zero attached hydrogens (tertiary/aromatic N) is 2. The van der Waals surface area contributed by atoms with Gasteiger partial charge >= 0.3 is 0 Å². The van der Waals surface area contributed by atoms with Crippen LogP contribution in [-0.4, -0.2) is 76.0 Å². The summed E-state index contributed by atoms with van der Waals surface area (Å²) in [5.41, 5.74) is 0. The molecule has 0 aromatic carbocycles. The van der Waals surface area contributed by atoms with Crippen molar-refractivity contribution in [3.05, 3.63) is 0 Å². The molecule has 0 aliphatic carbocycles. The van der Waals surface area contributed by atoms with Crippen LogP contribution in [0.4, 0.5) is 0 Å². The molecular formula is C10H20N2O4S2. The van der Waals surface area contributed by atoms with Gasteiger partial charge in [-0.1, -0.05) is 0 Å². The summed E-state index contributed by atoms with van der Waals surface area (Å²) in [5, 5.41) is 0. The molecule has 2 fully saturated rings. The minimum atomic E-state index is -3.09. The number of hydrogen-bond donors (Lipinski definition) is 0. The lowest BCUT2D eigenvalue weighted by atomic mass is 10.1. The fourth-order valence-corrected chi connectivity index (χ4v) is 4.94. The second kappa shape index (κ2) is 5.07. The van der Waals surface area contributed by atoms with Crippen LogP contribution in [0.2, 0.25) is 0 Å². The summed E-state index contributed by atoms with van der Waals surface area (Å²) in [6, 6.07) is 0.301. The molecule has 0 radical (unpaired) electrons. The van der Waals surface area contributed by atoms with E-state index in [-0.39, 0.29) is 11.5 Å². The van der Waals surface area contributed by atoms with Gasteiger partial charge in [0, 0.05) is 32.2 Å². The van der Waals surface area contributed by atoms with Gasteiger partial charge in [0.05, 0.1) is 17.8 Å². The molecule has 2 heterocycles. The Hall–Kier alpha value is -0.180. The van der Waals surface area contributed by atoms with Gasteiger partial charge in [-0.3, -0.25) is 4.90 Å². The molecule has 8 heteroatoms. The van der Waals surface area contributed by atoms with Gasteiger partial charge in [0.15, 0.2) is 0 Å². The van der Waals surface area contributed by atoms with Crippen LogP contribution in [-0.2, 0) is 19.9 Å². The molecule has 2 rings (SSSR count). The summed E-state index contributed by atoms with van der Waals surface area (Å²) in [5.74, 6) is 0.536. The Morgan fingerprint density at radius 2 is 1.50 bits per heavy atom. The second-order valence-electron chi connectivity index (χ2n) is 5.08. The zero-order chi connectivity index (χ0) is 13.4. The van der Waals surface area contributed by atoms with Crippen molar-refractivity contribution in [1.29, 1.82) is 0 Å². The van der Waals surface area contributed by atoms with Gasteiger partial charge in [0.2, 0.25) is 10.0 Å². The third-order valence-electron chi connectivity index (χ3n) is 3.78. The normalized spacial score (nSPS) is 28.3. The smallest absolute Gasteiger partial charge is 0.211 e. The summed E-state index contributed by atoms with van der Waals surface area (Å²) in [6.07, 6.45) is 2.60. The van der Waals surface area contributed by atoms with E-state index in [1.165, 1.54) is 10.6 Å². The first-order valence-electron chi connectivity index (χ1n) is 6.17. The van der Waals surface area contributed by atoms with Crippen LogP contribution in [0.5, 0.6) is 0 Å². The second-order valence-corrected chi connectivity index (χ2v) is 9.37. The molecule has 0 atom stereocenters. The molecule has 2 aliphatic rings. The van der Waals surface area contributed by atoms with Crippen molar-refractivity contribution < 1.29 is 16.8 Å². The Labute approximate surface area is 109 Å². The standard InChI is InChI=1S/C10H20N2O4S2/c1-17(13,14)12-6-4-11(5-7-12)10-2-8-18(15,16)9-3-10/h10H,2-9H2,1H3. The van der Waals surface area contributed by atoms with E-state index >= 15 is 0 Å². The van der Waals surface area contributed by atoms with Gasteiger partial charge in [-0.2, -0.15) is 4.31 Å². The molecule has 2 saturated heterocycles. The van der Waals surface area contributed by atoms with Crippen LogP contribution >= 0.6 is 0 Å². The van der Waals surface area contributed by atoms with Crippen molar-refractivity contribution in [3.63, 3.8) is 0 Å². The molecular weight excluding hydrogens is 276 g/mol. The number of rotatable bonds is 2. The van der Waals surface area contributed by atoms with Crippen molar-refractivity contribution in [1.82, 2.24) is 9.21 Å². The van der Waals surface area contributed by atoms with E-state index in [9.17, 15) is 16.8 Å². The molecule has 0 N–H and O–H groups in total. The fraction of sp³-hybridized carbons (Fsp3) is 1.00. The zero-order valence-electron chi connectivity index (χ0n) is 10.6. The van der Waals surface area contributed by atoms with E-state index < -0.39 is 19.9 Å². The lowest BCUT2D eigenvalue weighted by Gasteiger charge is -2.39. The quantitative estimate of drug-likeness (QED) is 0.663. The highest BCUT2D eigenvalue weighted by Gasteiger charge is 2.31. The summed E-state index contributed by atoms with van der Waals surface area (Å²) in [6.45, 7) is 2.44. The third-order valence-corrected chi connectivity index (χ3v) is 6.80. The highest BCUT2D eigenvalue weighted by molar-refractivity contribution is 7.91. The lowest BCUT2D eigenvalue weighted by molar-refractivity contribution is 0.129. The molecule has 0 aromatic rings. The first-order chi connectivity index (χ1) is 8.28. The summed E-state index contributed by atoms with van der Waals surface area (Å²) in [7, 11) is -5.91. The molecule has 0 saturated carbocycles. The molecule has 2 aliphatic heterocycles. The predicted molar refractivity (Wildman–Crippen MR) is 69.7 cm³/mol. The van der Waals surface area contributed by atoms with Crippen molar-refractivity contribution >= 4 is 19.9 Å². The van der Waals surface area contributed by atoms with Gasteiger partial charge in [-0.15, -0.1) is 0 Å². The number of piperazine rings is 1. The van der Waals surface area contributed by atoms with E-state index in [2.05, 4.69) is 4.90 Å². The van der Waals surface area contributed by atoms with Gasteiger partial charge in [-0.25, -0.2) is 16.8 Å². The molecule has 0 unspecified atom stereocenters. The number of sulfone groups is 1. The van der Waals surface area contributed by atoms with Gasteiger partial charge < -0.3 is 0 Å². The summed E-state index contributed by atoms with van der Waals surface area (Å²) in [4.78, 5) is 2.23. The van der Waals surface area contributed by atoms with Gasteiger partial charge in [0.1, 0.15) is 9.84 Å². The van der Waals surface area contributed by atoms with Gasteiger partial charge in [-0.05, 0) is 12.8 Å². The topological polar surface area (TPSA) is 74.8 Å². The Kier molecular flexibility index (Phi) is 4.01. The lowest BCUT2D eigenvalue weighted by Crippen LogP contribution is -2.53. The van der Waals surface area contributed by atoms with E-state index in [1.807, 2.05) is 0 Å². The summed E-state index contributed by atoms with van der Waals surface area (Å²) < 4.78 is 47.0. The van der Waals surface area contributed by atoms with Crippen LogP contribution in [0.3, 0.4) is 0 Å². The largest absolute Gasteiger partial charge is 0.298 e. The maximum absolute atomic E-state index is 11.4. The first-order valence-corrected chi connectivity index (χ1v) is 9.84. The van der Waals surface area contributed by atoms with E-state index in [0.717, 1.165) is 0 Å². The Morgan fingerprint density at radius 1 is 1.00 bits per heavy atom. The van der Waals surface area contributed by atoms with E-state index in [4.69, 9.17) is 0 Å². The Morgan fingerprint density at radius 3 is 1.94 bits per heavy atom. The zero-order valence-corrected chi connectivity index (χ0v) is 12.2. The molecule has 0 aromatic heterocycles. The van der Waals surface area contributed by atoms with Crippen molar-refractivity contribution in [2.75, 3.05) is 43.9 Å². The minimum absolute atomic E-state index is 0.268. The predicted octanol–water partition coefficient (Wildman–Crippen LogP) is -0.859. The molecule has 18 heavy (non-hydrogen) atoms. The highest BCUT2D eigenvalue weighted by atomic mass is 32.2. The molecule has 6 nitrogen and oxygen atoms in total. The SMILES string of the molecule is CS(=O)(=O)N1CCN(C2CCS(=O)(=O)CC2)CC1. The van der Waals surface area contributed by atoms with Crippen molar-refractivity contribution in [2.45, 2.75) is 18.9 Å². The van der Waals surface area contributed by atoms with Gasteiger partial charge in [0.25, 0.3) is 0 Å². The number of sulfonamides is 1. The molecule has 106 valence electrons. The number of hydrogen-bond acceptors (Lipinski definition) is 5. The van der Waals surface area contributed by atoms with Crippen LogP contribution in [0.25, 0.3) is 0 Å². The van der Waals surface area contributed by atoms with Crippen molar-refractivity contribution in [3.8, 4) is 0 Å². The van der Waals surface area contributed by atoms with E-state index in [0.29, 0.717) is 45.1 Å². The first kappa shape index (κ1) is 14.2. The monoisotopic (exact) mass is 296 g/mol. The van der Waals surface area contributed by atoms with Crippen LogP contribution in [0.1, 0.15) is 12.8 Å². The average Bonchev–Trinajstić information content (AvgIpc) is 2.28. The van der Waals surface area contributed by atoms with E-state index in [1.54, 1.807) is 0 Å². The maximum atomic E-state index is 11.4. The Bertz CT molecular complexity index is 478. The fourth-order valence-electron chi connectivity index (χ4n) is 2.64. The third kappa shape index (κ3) is 3.43. The summed E-state index contributed by atoms with van der Waals surface area (Å²) >= 11 is 0. The van der Waals surface area contributed by atoms with Crippen molar-refractivity contribution in [2.24, 2.45) is 0 Å². The van der Waals surface area contributed by atoms with Crippen LogP contribution < -0.4 is 0 Å². The minimum Gasteiger partial charge on any atom is -0.298 e. The van der Waals surface area contributed by atoms with Crippen LogP contribution in [0, 0.1) is 0 Å². The Balaban J connectivity index is 1.88. The average molecular weight is 296 g/mol. The molecule has 0 bridgehead atoms. The highest BCUT2D eigenvalue weighted by Crippen LogP contribution is 2.20. The maximum Gasteiger partial charge on any atom is 0.211 e. The molecule has 0 amide bonds. The van der Waals surface area contributed by atoms with Crippen LogP contribution in [0.15, 0.2) is 0 Å².